The zero-order valence-electron chi connectivity index (χ0n) is 9.25. The lowest BCUT2D eigenvalue weighted by Crippen LogP contribution is -2.35. The van der Waals surface area contributed by atoms with Crippen LogP contribution in [0.15, 0.2) is 12.2 Å². The normalized spacial score (nSPS) is 25.1. The van der Waals surface area contributed by atoms with Crippen LogP contribution in [-0.4, -0.2) is 31.3 Å². The SMILES string of the molecule is CCCC1(OC/C=C\C(F)(F)F)COC(=O)O1. The van der Waals surface area contributed by atoms with Crippen LogP contribution in [0.25, 0.3) is 0 Å². The number of hydrogen-bond donors (Lipinski definition) is 0. The molecule has 1 unspecified atom stereocenters. The van der Waals surface area contributed by atoms with Gasteiger partial charge in [0.05, 0.1) is 6.61 Å². The van der Waals surface area contributed by atoms with Crippen molar-refractivity contribution >= 4 is 6.16 Å². The maximum Gasteiger partial charge on any atom is 0.511 e. The van der Waals surface area contributed by atoms with E-state index in [-0.39, 0.29) is 19.3 Å². The Morgan fingerprint density at radius 1 is 1.53 bits per heavy atom. The average molecular weight is 254 g/mol. The first-order chi connectivity index (χ1) is 7.87. The van der Waals surface area contributed by atoms with E-state index in [1.54, 1.807) is 0 Å². The predicted octanol–water partition coefficient (Wildman–Crippen LogP) is 2.78. The molecule has 1 heterocycles. The quantitative estimate of drug-likeness (QED) is 0.559. The number of cyclic esters (lactones) is 2. The smallest absolute Gasteiger partial charge is 0.427 e. The highest BCUT2D eigenvalue weighted by atomic mass is 19.4. The maximum atomic E-state index is 11.8. The van der Waals surface area contributed by atoms with Gasteiger partial charge in [-0.3, -0.25) is 0 Å². The molecule has 4 nitrogen and oxygen atoms in total. The molecule has 0 bridgehead atoms. The molecule has 0 aliphatic carbocycles. The lowest BCUT2D eigenvalue weighted by Gasteiger charge is -2.23. The third-order valence-corrected chi connectivity index (χ3v) is 2.06. The van der Waals surface area contributed by atoms with Crippen molar-refractivity contribution in [2.45, 2.75) is 31.7 Å². The van der Waals surface area contributed by atoms with Crippen molar-refractivity contribution in [1.82, 2.24) is 0 Å². The van der Waals surface area contributed by atoms with Gasteiger partial charge in [-0.15, -0.1) is 0 Å². The Balaban J connectivity index is 2.46. The van der Waals surface area contributed by atoms with Crippen molar-refractivity contribution in [2.75, 3.05) is 13.2 Å². The van der Waals surface area contributed by atoms with Crippen LogP contribution in [0.4, 0.5) is 18.0 Å². The van der Waals surface area contributed by atoms with Gasteiger partial charge in [0.2, 0.25) is 0 Å². The Morgan fingerprint density at radius 3 is 2.71 bits per heavy atom. The predicted molar refractivity (Wildman–Crippen MR) is 51.2 cm³/mol. The van der Waals surface area contributed by atoms with Crippen molar-refractivity contribution in [3.05, 3.63) is 12.2 Å². The molecule has 0 aromatic rings. The molecule has 0 spiro atoms. The minimum Gasteiger partial charge on any atom is -0.427 e. The second-order valence-corrected chi connectivity index (χ2v) is 3.56. The van der Waals surface area contributed by atoms with Gasteiger partial charge < -0.3 is 14.2 Å². The molecule has 0 aromatic heterocycles. The number of halogens is 3. The number of hydrogen-bond acceptors (Lipinski definition) is 4. The summed E-state index contributed by atoms with van der Waals surface area (Å²) in [7, 11) is 0. The highest BCUT2D eigenvalue weighted by molar-refractivity contribution is 5.62. The van der Waals surface area contributed by atoms with Crippen LogP contribution >= 0.6 is 0 Å². The molecular formula is C10H13F3O4. The van der Waals surface area contributed by atoms with Gasteiger partial charge in [-0.1, -0.05) is 13.0 Å². The van der Waals surface area contributed by atoms with Crippen molar-refractivity contribution in [3.8, 4) is 0 Å². The zero-order chi connectivity index (χ0) is 12.9. The molecule has 1 aliphatic rings. The number of allylic oxidation sites excluding steroid dienone is 1. The Labute approximate surface area is 96.3 Å². The third kappa shape index (κ3) is 4.64. The zero-order valence-corrected chi connectivity index (χ0v) is 9.25. The molecular weight excluding hydrogens is 241 g/mol. The van der Waals surface area contributed by atoms with E-state index in [0.717, 1.165) is 6.08 Å². The first-order valence-corrected chi connectivity index (χ1v) is 5.11. The summed E-state index contributed by atoms with van der Waals surface area (Å²) in [5, 5.41) is 0. The fourth-order valence-corrected chi connectivity index (χ4v) is 1.41. The largest absolute Gasteiger partial charge is 0.511 e. The van der Waals surface area contributed by atoms with Crippen molar-refractivity contribution < 1.29 is 32.2 Å². The molecule has 1 aliphatic heterocycles. The van der Waals surface area contributed by atoms with Gasteiger partial charge >= 0.3 is 12.3 Å². The van der Waals surface area contributed by atoms with Gasteiger partial charge in [0, 0.05) is 12.5 Å². The Morgan fingerprint density at radius 2 is 2.24 bits per heavy atom. The molecule has 17 heavy (non-hydrogen) atoms. The molecule has 0 saturated carbocycles. The van der Waals surface area contributed by atoms with Gasteiger partial charge in [-0.05, 0) is 6.42 Å². The second kappa shape index (κ2) is 5.39. The summed E-state index contributed by atoms with van der Waals surface area (Å²) in [5.74, 6) is -1.25. The summed E-state index contributed by atoms with van der Waals surface area (Å²) >= 11 is 0. The molecule has 1 saturated heterocycles. The minimum atomic E-state index is -4.37. The second-order valence-electron chi connectivity index (χ2n) is 3.56. The van der Waals surface area contributed by atoms with E-state index in [1.165, 1.54) is 0 Å². The van der Waals surface area contributed by atoms with Crippen LogP contribution in [0.3, 0.4) is 0 Å². The fourth-order valence-electron chi connectivity index (χ4n) is 1.41. The van der Waals surface area contributed by atoms with Gasteiger partial charge in [-0.25, -0.2) is 4.79 Å². The van der Waals surface area contributed by atoms with Crippen LogP contribution in [0, 0.1) is 0 Å². The Kier molecular flexibility index (Phi) is 4.39. The highest BCUT2D eigenvalue weighted by Crippen LogP contribution is 2.27. The molecule has 1 atom stereocenters. The standard InChI is InChI=1S/C10H13F3O4/c1-2-4-9(7-15-8(14)17-9)16-6-3-5-10(11,12)13/h3,5H,2,4,6-7H2,1H3/b5-3-. The van der Waals surface area contributed by atoms with E-state index in [9.17, 15) is 18.0 Å². The summed E-state index contributed by atoms with van der Waals surface area (Å²) in [4.78, 5) is 10.8. The van der Waals surface area contributed by atoms with Gasteiger partial charge in [0.1, 0.15) is 0 Å². The molecule has 0 radical (unpaired) electrons. The number of carbonyl (C=O) groups excluding carboxylic acids is 1. The van der Waals surface area contributed by atoms with Gasteiger partial charge in [0.25, 0.3) is 5.79 Å². The maximum absolute atomic E-state index is 11.8. The van der Waals surface area contributed by atoms with Crippen LogP contribution in [0.2, 0.25) is 0 Å². The van der Waals surface area contributed by atoms with E-state index in [4.69, 9.17) is 9.47 Å². The first-order valence-electron chi connectivity index (χ1n) is 5.11. The number of ether oxygens (including phenoxy) is 3. The monoisotopic (exact) mass is 254 g/mol. The Hall–Kier alpha value is -1.24. The van der Waals surface area contributed by atoms with E-state index >= 15 is 0 Å². The summed E-state index contributed by atoms with van der Waals surface area (Å²) in [5.41, 5.74) is 0. The Bertz CT molecular complexity index is 300. The van der Waals surface area contributed by atoms with Crippen LogP contribution in [0.1, 0.15) is 19.8 Å². The summed E-state index contributed by atoms with van der Waals surface area (Å²) < 4.78 is 50.0. The average Bonchev–Trinajstić information content (AvgIpc) is 2.55. The molecule has 0 amide bonds. The fraction of sp³-hybridized carbons (Fsp3) is 0.700. The van der Waals surface area contributed by atoms with Crippen LogP contribution < -0.4 is 0 Å². The highest BCUT2D eigenvalue weighted by Gasteiger charge is 2.42. The molecule has 0 aromatic carbocycles. The molecule has 1 rings (SSSR count). The lowest BCUT2D eigenvalue weighted by atomic mass is 10.1. The lowest BCUT2D eigenvalue weighted by molar-refractivity contribution is -0.177. The topological polar surface area (TPSA) is 44.8 Å². The van der Waals surface area contributed by atoms with Gasteiger partial charge in [0.15, 0.2) is 6.61 Å². The number of carbonyl (C=O) groups is 1. The van der Waals surface area contributed by atoms with E-state index in [0.29, 0.717) is 12.8 Å². The van der Waals surface area contributed by atoms with E-state index < -0.39 is 18.1 Å². The number of rotatable bonds is 5. The summed E-state index contributed by atoms with van der Waals surface area (Å²) in [6.45, 7) is 1.44. The molecule has 1 fully saturated rings. The first kappa shape index (κ1) is 13.8. The van der Waals surface area contributed by atoms with Crippen molar-refractivity contribution in [1.29, 1.82) is 0 Å². The van der Waals surface area contributed by atoms with E-state index in [1.807, 2.05) is 6.92 Å². The molecule has 98 valence electrons. The van der Waals surface area contributed by atoms with Crippen LogP contribution in [-0.2, 0) is 14.2 Å². The van der Waals surface area contributed by atoms with Crippen molar-refractivity contribution in [3.63, 3.8) is 0 Å². The third-order valence-electron chi connectivity index (χ3n) is 2.06. The molecule has 0 N–H and O–H groups in total. The summed E-state index contributed by atoms with van der Waals surface area (Å²) in [6.07, 6.45) is -3.31. The van der Waals surface area contributed by atoms with Gasteiger partial charge in [-0.2, -0.15) is 13.2 Å². The van der Waals surface area contributed by atoms with Crippen molar-refractivity contribution in [2.24, 2.45) is 0 Å². The number of alkyl halides is 3. The summed E-state index contributed by atoms with van der Waals surface area (Å²) in [6, 6.07) is 0. The van der Waals surface area contributed by atoms with Crippen LogP contribution in [0.5, 0.6) is 0 Å². The molecule has 7 heteroatoms. The minimum absolute atomic E-state index is 0.0737. The van der Waals surface area contributed by atoms with E-state index in [2.05, 4.69) is 4.74 Å².